The van der Waals surface area contributed by atoms with Crippen molar-refractivity contribution in [3.63, 3.8) is 0 Å². The molecule has 0 amide bonds. The maximum Gasteiger partial charge on any atom is 0.390 e. The van der Waals surface area contributed by atoms with E-state index in [0.29, 0.717) is 11.3 Å². The number of rotatable bonds is 3. The predicted octanol–water partition coefficient (Wildman–Crippen LogP) is 3.50. The molecule has 0 aromatic heterocycles. The van der Waals surface area contributed by atoms with Crippen LogP contribution in [0.3, 0.4) is 0 Å². The van der Waals surface area contributed by atoms with E-state index in [1.165, 1.54) is 19.1 Å². The van der Waals surface area contributed by atoms with Gasteiger partial charge in [-0.25, -0.2) is 4.39 Å². The Labute approximate surface area is 85.1 Å². The fourth-order valence-electron chi connectivity index (χ4n) is 1.14. The average molecular weight is 221 g/mol. The zero-order valence-electron chi connectivity index (χ0n) is 8.16. The number of alkyl halides is 3. The number of benzene rings is 1. The van der Waals surface area contributed by atoms with E-state index < -0.39 is 18.4 Å². The van der Waals surface area contributed by atoms with E-state index in [2.05, 4.69) is 5.32 Å². The quantitative estimate of drug-likeness (QED) is 0.770. The van der Waals surface area contributed by atoms with Gasteiger partial charge in [-0.1, -0.05) is 6.07 Å². The van der Waals surface area contributed by atoms with E-state index in [0.717, 1.165) is 0 Å². The number of hydrogen-bond acceptors (Lipinski definition) is 1. The van der Waals surface area contributed by atoms with Gasteiger partial charge in [0.05, 0.1) is 6.42 Å². The van der Waals surface area contributed by atoms with Crippen molar-refractivity contribution in [2.45, 2.75) is 19.5 Å². The van der Waals surface area contributed by atoms with E-state index in [4.69, 9.17) is 0 Å². The lowest BCUT2D eigenvalue weighted by molar-refractivity contribution is -0.131. The number of anilines is 1. The molecule has 0 radical (unpaired) electrons. The monoisotopic (exact) mass is 221 g/mol. The fourth-order valence-corrected chi connectivity index (χ4v) is 1.14. The third-order valence-corrected chi connectivity index (χ3v) is 1.99. The van der Waals surface area contributed by atoms with Gasteiger partial charge in [0.1, 0.15) is 5.82 Å². The van der Waals surface area contributed by atoms with E-state index in [9.17, 15) is 17.6 Å². The van der Waals surface area contributed by atoms with Crippen LogP contribution in [0.25, 0.3) is 0 Å². The lowest BCUT2D eigenvalue weighted by Crippen LogP contribution is -2.15. The van der Waals surface area contributed by atoms with E-state index in [1.54, 1.807) is 6.07 Å². The summed E-state index contributed by atoms with van der Waals surface area (Å²) in [4.78, 5) is 0. The van der Waals surface area contributed by atoms with Crippen LogP contribution in [0.2, 0.25) is 0 Å². The Morgan fingerprint density at radius 2 is 1.93 bits per heavy atom. The third-order valence-electron chi connectivity index (χ3n) is 1.99. The summed E-state index contributed by atoms with van der Waals surface area (Å²) in [5, 5.41) is 2.55. The molecule has 1 aromatic carbocycles. The second kappa shape index (κ2) is 4.51. The molecule has 5 heteroatoms. The van der Waals surface area contributed by atoms with Crippen LogP contribution in [0, 0.1) is 12.7 Å². The molecule has 1 nitrogen and oxygen atoms in total. The SMILES string of the molecule is Cc1c(F)cccc1NCCC(F)(F)F. The van der Waals surface area contributed by atoms with Crippen molar-refractivity contribution >= 4 is 5.69 Å². The van der Waals surface area contributed by atoms with E-state index in [1.807, 2.05) is 0 Å². The maximum absolute atomic E-state index is 13.0. The van der Waals surface area contributed by atoms with Crippen LogP contribution in [0.1, 0.15) is 12.0 Å². The van der Waals surface area contributed by atoms with Crippen LogP contribution in [0.15, 0.2) is 18.2 Å². The zero-order valence-corrected chi connectivity index (χ0v) is 8.16. The Morgan fingerprint density at radius 3 is 2.53 bits per heavy atom. The molecule has 1 aromatic rings. The summed E-state index contributed by atoms with van der Waals surface area (Å²) < 4.78 is 48.5. The summed E-state index contributed by atoms with van der Waals surface area (Å²) in [7, 11) is 0. The Hall–Kier alpha value is -1.26. The Bertz CT molecular complexity index is 333. The second-order valence-corrected chi connectivity index (χ2v) is 3.20. The van der Waals surface area contributed by atoms with Gasteiger partial charge in [0, 0.05) is 17.8 Å². The first-order valence-electron chi connectivity index (χ1n) is 4.46. The van der Waals surface area contributed by atoms with Crippen molar-refractivity contribution in [2.75, 3.05) is 11.9 Å². The normalized spacial score (nSPS) is 11.5. The molecule has 0 saturated heterocycles. The highest BCUT2D eigenvalue weighted by atomic mass is 19.4. The largest absolute Gasteiger partial charge is 0.390 e. The minimum absolute atomic E-state index is 0.242. The maximum atomic E-state index is 13.0. The second-order valence-electron chi connectivity index (χ2n) is 3.20. The zero-order chi connectivity index (χ0) is 11.5. The van der Waals surface area contributed by atoms with Gasteiger partial charge in [-0.15, -0.1) is 0 Å². The molecule has 0 aliphatic carbocycles. The smallest absolute Gasteiger partial charge is 0.384 e. The highest BCUT2D eigenvalue weighted by molar-refractivity contribution is 5.50. The molecule has 1 rings (SSSR count). The molecule has 0 atom stereocenters. The summed E-state index contributed by atoms with van der Waals surface area (Å²) in [5.41, 5.74) is 0.735. The van der Waals surface area contributed by atoms with E-state index in [-0.39, 0.29) is 6.54 Å². The molecule has 0 aliphatic heterocycles. The first-order valence-corrected chi connectivity index (χ1v) is 4.46. The van der Waals surface area contributed by atoms with Crippen LogP contribution in [-0.4, -0.2) is 12.7 Å². The predicted molar refractivity (Wildman–Crippen MR) is 50.3 cm³/mol. The summed E-state index contributed by atoms with van der Waals surface area (Å²) in [6.45, 7) is 1.28. The molecule has 0 bridgehead atoms. The molecular formula is C10H11F4N. The molecule has 0 fully saturated rings. The van der Waals surface area contributed by atoms with E-state index >= 15 is 0 Å². The Kier molecular flexibility index (Phi) is 3.55. The van der Waals surface area contributed by atoms with Crippen molar-refractivity contribution in [1.29, 1.82) is 0 Å². The topological polar surface area (TPSA) is 12.0 Å². The summed E-state index contributed by atoms with van der Waals surface area (Å²) in [5.74, 6) is -0.424. The van der Waals surface area contributed by atoms with Gasteiger partial charge in [0.2, 0.25) is 0 Å². The average Bonchev–Trinajstić information content (AvgIpc) is 2.10. The fraction of sp³-hybridized carbons (Fsp3) is 0.400. The van der Waals surface area contributed by atoms with Gasteiger partial charge >= 0.3 is 6.18 Å². The van der Waals surface area contributed by atoms with Gasteiger partial charge in [-0.3, -0.25) is 0 Å². The van der Waals surface area contributed by atoms with Crippen LogP contribution in [-0.2, 0) is 0 Å². The lowest BCUT2D eigenvalue weighted by atomic mass is 10.2. The van der Waals surface area contributed by atoms with Gasteiger partial charge in [-0.05, 0) is 19.1 Å². The lowest BCUT2D eigenvalue weighted by Gasteiger charge is -2.11. The standard InChI is InChI=1S/C10H11F4N/c1-7-8(11)3-2-4-9(7)15-6-5-10(12,13)14/h2-4,15H,5-6H2,1H3. The third kappa shape index (κ3) is 3.77. The molecule has 0 heterocycles. The minimum atomic E-state index is -4.19. The molecule has 1 N–H and O–H groups in total. The highest BCUT2D eigenvalue weighted by Crippen LogP contribution is 2.21. The number of hydrogen-bond donors (Lipinski definition) is 1. The molecule has 84 valence electrons. The summed E-state index contributed by atoms with van der Waals surface area (Å²) in [6, 6.07) is 4.28. The van der Waals surface area contributed by atoms with Gasteiger partial charge < -0.3 is 5.32 Å². The van der Waals surface area contributed by atoms with Crippen molar-refractivity contribution in [1.82, 2.24) is 0 Å². The molecule has 15 heavy (non-hydrogen) atoms. The number of nitrogens with one attached hydrogen (secondary N) is 1. The molecular weight excluding hydrogens is 210 g/mol. The van der Waals surface area contributed by atoms with Gasteiger partial charge in [0.25, 0.3) is 0 Å². The molecule has 0 spiro atoms. The Morgan fingerprint density at radius 1 is 1.27 bits per heavy atom. The van der Waals surface area contributed by atoms with Crippen molar-refractivity contribution in [3.05, 3.63) is 29.6 Å². The van der Waals surface area contributed by atoms with Crippen LogP contribution in [0.5, 0.6) is 0 Å². The molecule has 0 unspecified atom stereocenters. The van der Waals surface area contributed by atoms with Crippen LogP contribution < -0.4 is 5.32 Å². The summed E-state index contributed by atoms with van der Waals surface area (Å²) in [6.07, 6.45) is -5.11. The Balaban J connectivity index is 2.55. The van der Waals surface area contributed by atoms with Crippen molar-refractivity contribution < 1.29 is 17.6 Å². The van der Waals surface area contributed by atoms with Crippen molar-refractivity contribution in [3.8, 4) is 0 Å². The van der Waals surface area contributed by atoms with Crippen molar-refractivity contribution in [2.24, 2.45) is 0 Å². The first-order chi connectivity index (χ1) is 6.90. The van der Waals surface area contributed by atoms with Crippen LogP contribution >= 0.6 is 0 Å². The van der Waals surface area contributed by atoms with Gasteiger partial charge in [0.15, 0.2) is 0 Å². The molecule has 0 saturated carbocycles. The number of halogens is 4. The summed E-state index contributed by atoms with van der Waals surface area (Å²) >= 11 is 0. The first kappa shape index (κ1) is 11.8. The highest BCUT2D eigenvalue weighted by Gasteiger charge is 2.26. The minimum Gasteiger partial charge on any atom is -0.384 e. The van der Waals surface area contributed by atoms with Gasteiger partial charge in [-0.2, -0.15) is 13.2 Å². The van der Waals surface area contributed by atoms with Crippen LogP contribution in [0.4, 0.5) is 23.2 Å². The molecule has 0 aliphatic rings.